The number of aryl methyl sites for hydroxylation is 2. The lowest BCUT2D eigenvalue weighted by Crippen LogP contribution is -2.44. The number of anilines is 1. The van der Waals surface area contributed by atoms with Crippen LogP contribution in [0.15, 0.2) is 73.3 Å². The van der Waals surface area contributed by atoms with E-state index in [1.54, 1.807) is 17.4 Å². The molecule has 3 amide bonds. The third kappa shape index (κ3) is 6.80. The van der Waals surface area contributed by atoms with Crippen LogP contribution in [-0.4, -0.2) is 34.8 Å². The fourth-order valence-electron chi connectivity index (χ4n) is 3.51. The first kappa shape index (κ1) is 24.3. The number of hydrogen-bond acceptors (Lipinski definition) is 3. The molecule has 0 atom stereocenters. The molecule has 0 spiro atoms. The van der Waals surface area contributed by atoms with E-state index in [-0.39, 0.29) is 25.0 Å². The van der Waals surface area contributed by atoms with Crippen LogP contribution in [0.3, 0.4) is 0 Å². The SMILES string of the molecule is C=CCN(CC(=O)N(Cc1ccccc1)Cc1ccc(C)s1)C(=O)Nc1cccc(C)c1C. The van der Waals surface area contributed by atoms with Crippen LogP contribution >= 0.6 is 11.3 Å². The van der Waals surface area contributed by atoms with Gasteiger partial charge in [-0.3, -0.25) is 4.79 Å². The second-order valence-electron chi connectivity index (χ2n) is 8.09. The van der Waals surface area contributed by atoms with Crippen molar-refractivity contribution in [1.82, 2.24) is 9.80 Å². The number of nitrogens with one attached hydrogen (secondary N) is 1. The normalized spacial score (nSPS) is 10.5. The predicted molar refractivity (Wildman–Crippen MR) is 136 cm³/mol. The van der Waals surface area contributed by atoms with E-state index in [0.29, 0.717) is 13.1 Å². The van der Waals surface area contributed by atoms with Gasteiger partial charge in [-0.2, -0.15) is 0 Å². The number of nitrogens with zero attached hydrogens (tertiary/aromatic N) is 2. The summed E-state index contributed by atoms with van der Waals surface area (Å²) in [5, 5.41) is 2.95. The average molecular weight is 462 g/mol. The molecule has 0 fully saturated rings. The number of thiophene rings is 1. The van der Waals surface area contributed by atoms with Crippen LogP contribution in [-0.2, 0) is 17.9 Å². The van der Waals surface area contributed by atoms with Crippen molar-refractivity contribution >= 4 is 29.0 Å². The van der Waals surface area contributed by atoms with Crippen molar-refractivity contribution in [3.63, 3.8) is 0 Å². The largest absolute Gasteiger partial charge is 0.332 e. The molecule has 3 aromatic rings. The van der Waals surface area contributed by atoms with E-state index in [1.807, 2.05) is 67.3 Å². The van der Waals surface area contributed by atoms with Crippen LogP contribution in [0.25, 0.3) is 0 Å². The van der Waals surface area contributed by atoms with Crippen LogP contribution in [0.2, 0.25) is 0 Å². The second-order valence-corrected chi connectivity index (χ2v) is 9.47. The molecule has 1 heterocycles. The molecule has 0 aliphatic heterocycles. The highest BCUT2D eigenvalue weighted by Crippen LogP contribution is 2.20. The van der Waals surface area contributed by atoms with Gasteiger partial charge in [0.15, 0.2) is 0 Å². The maximum Gasteiger partial charge on any atom is 0.322 e. The highest BCUT2D eigenvalue weighted by molar-refractivity contribution is 7.11. The number of benzene rings is 2. The van der Waals surface area contributed by atoms with Gasteiger partial charge in [-0.15, -0.1) is 17.9 Å². The van der Waals surface area contributed by atoms with Gasteiger partial charge in [-0.05, 0) is 55.7 Å². The molecule has 5 nitrogen and oxygen atoms in total. The predicted octanol–water partition coefficient (Wildman–Crippen LogP) is 5.92. The molecule has 2 aromatic carbocycles. The molecule has 0 unspecified atom stereocenters. The molecule has 0 aliphatic carbocycles. The van der Waals surface area contributed by atoms with Crippen molar-refractivity contribution in [1.29, 1.82) is 0 Å². The Labute approximate surface area is 200 Å². The van der Waals surface area contributed by atoms with E-state index in [1.165, 1.54) is 9.78 Å². The lowest BCUT2D eigenvalue weighted by Gasteiger charge is -2.27. The highest BCUT2D eigenvalue weighted by atomic mass is 32.1. The Bertz CT molecular complexity index is 1110. The highest BCUT2D eigenvalue weighted by Gasteiger charge is 2.22. The first-order chi connectivity index (χ1) is 15.9. The minimum Gasteiger partial charge on any atom is -0.332 e. The third-order valence-corrected chi connectivity index (χ3v) is 6.51. The number of amides is 3. The summed E-state index contributed by atoms with van der Waals surface area (Å²) in [6, 6.07) is 19.5. The maximum absolute atomic E-state index is 13.4. The summed E-state index contributed by atoms with van der Waals surface area (Å²) >= 11 is 1.68. The number of rotatable bonds is 9. The van der Waals surface area contributed by atoms with Gasteiger partial charge in [0.25, 0.3) is 0 Å². The van der Waals surface area contributed by atoms with E-state index >= 15 is 0 Å². The van der Waals surface area contributed by atoms with Gasteiger partial charge in [0.05, 0.1) is 6.54 Å². The minimum absolute atomic E-state index is 0.0279. The zero-order chi connectivity index (χ0) is 23.8. The van der Waals surface area contributed by atoms with Crippen LogP contribution in [0.1, 0.15) is 26.4 Å². The van der Waals surface area contributed by atoms with Gasteiger partial charge < -0.3 is 15.1 Å². The van der Waals surface area contributed by atoms with Gasteiger partial charge in [0.2, 0.25) is 5.91 Å². The smallest absolute Gasteiger partial charge is 0.322 e. The molecule has 3 rings (SSSR count). The Balaban J connectivity index is 1.76. The topological polar surface area (TPSA) is 52.7 Å². The first-order valence-electron chi connectivity index (χ1n) is 11.0. The zero-order valence-corrected chi connectivity index (χ0v) is 20.3. The monoisotopic (exact) mass is 461 g/mol. The van der Waals surface area contributed by atoms with Crippen molar-refractivity contribution in [2.45, 2.75) is 33.9 Å². The summed E-state index contributed by atoms with van der Waals surface area (Å²) in [5.74, 6) is -0.108. The van der Waals surface area contributed by atoms with Crippen LogP contribution in [0.5, 0.6) is 0 Å². The summed E-state index contributed by atoms with van der Waals surface area (Å²) in [7, 11) is 0. The first-order valence-corrected chi connectivity index (χ1v) is 11.8. The average Bonchev–Trinajstić information content (AvgIpc) is 3.21. The molecule has 0 aliphatic rings. The van der Waals surface area contributed by atoms with Gasteiger partial charge in [-0.1, -0.05) is 48.5 Å². The van der Waals surface area contributed by atoms with Gasteiger partial charge >= 0.3 is 6.03 Å². The van der Waals surface area contributed by atoms with E-state index in [2.05, 4.69) is 31.0 Å². The standard InChI is InChI=1S/C27H31N3O2S/c1-5-16-29(27(32)28-25-13-9-10-20(2)22(25)4)19-26(31)30(17-23-11-7-6-8-12-23)18-24-15-14-21(3)33-24/h5-15H,1,16-19H2,2-4H3,(H,28,32). The number of hydrogen-bond donors (Lipinski definition) is 1. The maximum atomic E-state index is 13.4. The summed E-state index contributed by atoms with van der Waals surface area (Å²) in [6.07, 6.45) is 1.64. The lowest BCUT2D eigenvalue weighted by atomic mass is 10.1. The van der Waals surface area contributed by atoms with Crippen molar-refractivity contribution in [2.75, 3.05) is 18.4 Å². The molecule has 172 valence electrons. The summed E-state index contributed by atoms with van der Waals surface area (Å²) in [6.45, 7) is 11.0. The van der Waals surface area contributed by atoms with Crippen LogP contribution in [0.4, 0.5) is 10.5 Å². The number of carbonyl (C=O) groups excluding carboxylic acids is 2. The lowest BCUT2D eigenvalue weighted by molar-refractivity contribution is -0.132. The Hall–Kier alpha value is -3.38. The van der Waals surface area contributed by atoms with E-state index in [9.17, 15) is 9.59 Å². The van der Waals surface area contributed by atoms with E-state index < -0.39 is 0 Å². The number of carbonyl (C=O) groups is 2. The number of urea groups is 1. The molecule has 1 aromatic heterocycles. The molecular formula is C27H31N3O2S. The van der Waals surface area contributed by atoms with Gasteiger partial charge in [-0.25, -0.2) is 4.79 Å². The third-order valence-electron chi connectivity index (χ3n) is 5.52. The van der Waals surface area contributed by atoms with E-state index in [0.717, 1.165) is 27.3 Å². The Kier molecular flexibility index (Phi) is 8.44. The summed E-state index contributed by atoms with van der Waals surface area (Å²) in [4.78, 5) is 32.1. The summed E-state index contributed by atoms with van der Waals surface area (Å²) < 4.78 is 0. The van der Waals surface area contributed by atoms with Crippen molar-refractivity contribution in [3.05, 3.63) is 99.8 Å². The molecule has 0 bridgehead atoms. The molecular weight excluding hydrogens is 430 g/mol. The second kappa shape index (κ2) is 11.5. The van der Waals surface area contributed by atoms with Crippen molar-refractivity contribution in [2.24, 2.45) is 0 Å². The fraction of sp³-hybridized carbons (Fsp3) is 0.259. The van der Waals surface area contributed by atoms with Crippen LogP contribution < -0.4 is 5.32 Å². The van der Waals surface area contributed by atoms with Gasteiger partial charge in [0, 0.05) is 28.5 Å². The molecule has 1 N–H and O–H groups in total. The Morgan fingerprint density at radius 2 is 1.70 bits per heavy atom. The molecule has 0 radical (unpaired) electrons. The minimum atomic E-state index is -0.316. The Morgan fingerprint density at radius 3 is 2.36 bits per heavy atom. The van der Waals surface area contributed by atoms with Crippen molar-refractivity contribution < 1.29 is 9.59 Å². The van der Waals surface area contributed by atoms with Crippen LogP contribution in [0, 0.1) is 20.8 Å². The van der Waals surface area contributed by atoms with Gasteiger partial charge in [0.1, 0.15) is 6.54 Å². The molecule has 0 saturated carbocycles. The molecule has 6 heteroatoms. The summed E-state index contributed by atoms with van der Waals surface area (Å²) in [5.41, 5.74) is 3.90. The van der Waals surface area contributed by atoms with E-state index in [4.69, 9.17) is 0 Å². The molecule has 0 saturated heterocycles. The van der Waals surface area contributed by atoms with Crippen molar-refractivity contribution in [3.8, 4) is 0 Å². The Morgan fingerprint density at radius 1 is 0.939 bits per heavy atom. The quantitative estimate of drug-likeness (QED) is 0.402. The zero-order valence-electron chi connectivity index (χ0n) is 19.5. The fourth-order valence-corrected chi connectivity index (χ4v) is 4.42. The molecule has 33 heavy (non-hydrogen) atoms.